The van der Waals surface area contributed by atoms with Crippen molar-refractivity contribution in [3.63, 3.8) is 0 Å². The Morgan fingerprint density at radius 2 is 2.00 bits per heavy atom. The number of hydrogen-bond donors (Lipinski definition) is 2. The number of aromatic nitrogens is 3. The van der Waals surface area contributed by atoms with Crippen LogP contribution in [0.1, 0.15) is 5.56 Å². The van der Waals surface area contributed by atoms with E-state index in [-0.39, 0.29) is 0 Å². The predicted molar refractivity (Wildman–Crippen MR) is 91.1 cm³/mol. The molecule has 1 aromatic carbocycles. The molecule has 3 N–H and O–H groups in total. The smallest absolute Gasteiger partial charge is 0.161 e. The second-order valence-corrected chi connectivity index (χ2v) is 5.36. The quantitative estimate of drug-likeness (QED) is 0.774. The number of nitrogens with zero attached hydrogens (tertiary/aromatic N) is 4. The number of hydrogen-bond acceptors (Lipinski definition) is 6. The third-order valence-electron chi connectivity index (χ3n) is 3.93. The first-order valence-corrected chi connectivity index (χ1v) is 7.46. The monoisotopic (exact) mass is 304 g/mol. The Hall–Kier alpha value is -3.15. The first kappa shape index (κ1) is 13.5. The number of rotatable bonds is 3. The predicted octanol–water partition coefficient (Wildman–Crippen LogP) is 2.89. The van der Waals surface area contributed by atoms with Gasteiger partial charge in [0.1, 0.15) is 12.0 Å². The van der Waals surface area contributed by atoms with E-state index in [2.05, 4.69) is 43.4 Å². The highest BCUT2D eigenvalue weighted by molar-refractivity contribution is 5.82. The number of anilines is 5. The fourth-order valence-electron chi connectivity index (χ4n) is 2.83. The average Bonchev–Trinajstić information content (AvgIpc) is 3.02. The van der Waals surface area contributed by atoms with Gasteiger partial charge in [-0.2, -0.15) is 0 Å². The summed E-state index contributed by atoms with van der Waals surface area (Å²) in [5.74, 6) is 1.32. The molecule has 6 nitrogen and oxygen atoms in total. The highest BCUT2D eigenvalue weighted by atomic mass is 15.2. The Balaban J connectivity index is 1.70. The third kappa shape index (κ3) is 2.44. The van der Waals surface area contributed by atoms with Crippen molar-refractivity contribution in [3.8, 4) is 0 Å². The Kier molecular flexibility index (Phi) is 3.27. The van der Waals surface area contributed by atoms with Crippen molar-refractivity contribution in [2.75, 3.05) is 22.5 Å². The molecule has 1 aliphatic heterocycles. The first-order chi connectivity index (χ1) is 11.3. The van der Waals surface area contributed by atoms with Crippen molar-refractivity contribution >= 4 is 28.7 Å². The molecule has 0 saturated carbocycles. The molecule has 4 rings (SSSR count). The minimum atomic E-state index is 0.535. The lowest BCUT2D eigenvalue weighted by Gasteiger charge is -2.21. The molecule has 0 saturated heterocycles. The molecule has 0 aliphatic carbocycles. The Bertz CT molecular complexity index is 833. The molecule has 2 aromatic heterocycles. The van der Waals surface area contributed by atoms with Gasteiger partial charge in [-0.1, -0.05) is 18.2 Å². The molecule has 0 atom stereocenters. The Morgan fingerprint density at radius 1 is 1.09 bits per heavy atom. The van der Waals surface area contributed by atoms with Crippen LogP contribution in [0.3, 0.4) is 0 Å². The van der Waals surface area contributed by atoms with Crippen LogP contribution in [0, 0.1) is 0 Å². The normalized spacial score (nSPS) is 13.0. The SMILES string of the molecule is Nc1c(Nc2cccnc2)ncnc1N1CCc2ccccc21. The molecule has 0 fully saturated rings. The van der Waals surface area contributed by atoms with E-state index in [1.54, 1.807) is 12.4 Å². The van der Waals surface area contributed by atoms with Gasteiger partial charge in [-0.3, -0.25) is 4.98 Å². The molecule has 0 radical (unpaired) electrons. The molecule has 0 amide bonds. The molecule has 3 heterocycles. The number of pyridine rings is 1. The van der Waals surface area contributed by atoms with Crippen LogP contribution in [0.15, 0.2) is 55.1 Å². The van der Waals surface area contributed by atoms with Crippen molar-refractivity contribution in [2.24, 2.45) is 0 Å². The molecule has 0 unspecified atom stereocenters. The number of nitrogens with one attached hydrogen (secondary N) is 1. The summed E-state index contributed by atoms with van der Waals surface area (Å²) in [6.45, 7) is 0.868. The highest BCUT2D eigenvalue weighted by Gasteiger charge is 2.23. The summed E-state index contributed by atoms with van der Waals surface area (Å²) in [5, 5.41) is 3.19. The number of para-hydroxylation sites is 1. The molecule has 23 heavy (non-hydrogen) atoms. The maximum atomic E-state index is 6.32. The summed E-state index contributed by atoms with van der Waals surface area (Å²) >= 11 is 0. The van der Waals surface area contributed by atoms with E-state index < -0.39 is 0 Å². The third-order valence-corrected chi connectivity index (χ3v) is 3.93. The lowest BCUT2D eigenvalue weighted by molar-refractivity contribution is 0.967. The molecule has 114 valence electrons. The summed E-state index contributed by atoms with van der Waals surface area (Å²) in [6.07, 6.45) is 5.98. The maximum Gasteiger partial charge on any atom is 0.161 e. The van der Waals surface area contributed by atoms with Gasteiger partial charge in [-0.25, -0.2) is 9.97 Å². The number of fused-ring (bicyclic) bond motifs is 1. The van der Waals surface area contributed by atoms with E-state index >= 15 is 0 Å². The van der Waals surface area contributed by atoms with Crippen molar-refractivity contribution < 1.29 is 0 Å². The van der Waals surface area contributed by atoms with Gasteiger partial charge in [-0.15, -0.1) is 0 Å². The van der Waals surface area contributed by atoms with Crippen LogP contribution in [0.2, 0.25) is 0 Å². The van der Waals surface area contributed by atoms with Gasteiger partial charge in [-0.05, 0) is 30.2 Å². The minimum absolute atomic E-state index is 0.535. The van der Waals surface area contributed by atoms with Crippen LogP contribution in [0.4, 0.5) is 28.7 Å². The van der Waals surface area contributed by atoms with Crippen LogP contribution < -0.4 is 16.0 Å². The van der Waals surface area contributed by atoms with Gasteiger partial charge in [0.15, 0.2) is 11.6 Å². The van der Waals surface area contributed by atoms with Gasteiger partial charge in [0, 0.05) is 18.4 Å². The first-order valence-electron chi connectivity index (χ1n) is 7.46. The van der Waals surface area contributed by atoms with E-state index in [1.165, 1.54) is 11.9 Å². The topological polar surface area (TPSA) is 80.0 Å². The van der Waals surface area contributed by atoms with E-state index in [0.717, 1.165) is 30.2 Å². The van der Waals surface area contributed by atoms with Crippen LogP contribution in [-0.4, -0.2) is 21.5 Å². The summed E-state index contributed by atoms with van der Waals surface area (Å²) in [7, 11) is 0. The molecule has 0 bridgehead atoms. The lowest BCUT2D eigenvalue weighted by atomic mass is 10.2. The van der Waals surface area contributed by atoms with Gasteiger partial charge >= 0.3 is 0 Å². The molecule has 1 aliphatic rings. The molecule has 3 aromatic rings. The molecular formula is C17H16N6. The summed E-state index contributed by atoms with van der Waals surface area (Å²) < 4.78 is 0. The summed E-state index contributed by atoms with van der Waals surface area (Å²) in [6, 6.07) is 12.1. The van der Waals surface area contributed by atoms with Crippen molar-refractivity contribution in [2.45, 2.75) is 6.42 Å². The maximum absolute atomic E-state index is 6.32. The Labute approximate surface area is 134 Å². The van der Waals surface area contributed by atoms with Crippen LogP contribution in [0.5, 0.6) is 0 Å². The Morgan fingerprint density at radius 3 is 2.87 bits per heavy atom. The van der Waals surface area contributed by atoms with E-state index in [9.17, 15) is 0 Å². The zero-order valence-corrected chi connectivity index (χ0v) is 12.5. The largest absolute Gasteiger partial charge is 0.393 e. The molecular weight excluding hydrogens is 288 g/mol. The van der Waals surface area contributed by atoms with Crippen molar-refractivity contribution in [3.05, 3.63) is 60.7 Å². The van der Waals surface area contributed by atoms with E-state index in [0.29, 0.717) is 11.5 Å². The fourth-order valence-corrected chi connectivity index (χ4v) is 2.83. The van der Waals surface area contributed by atoms with Crippen LogP contribution >= 0.6 is 0 Å². The summed E-state index contributed by atoms with van der Waals surface area (Å²) in [4.78, 5) is 14.9. The van der Waals surface area contributed by atoms with E-state index in [4.69, 9.17) is 5.73 Å². The molecule has 0 spiro atoms. The zero-order valence-electron chi connectivity index (χ0n) is 12.5. The second kappa shape index (κ2) is 5.57. The van der Waals surface area contributed by atoms with Gasteiger partial charge < -0.3 is 16.0 Å². The second-order valence-electron chi connectivity index (χ2n) is 5.36. The van der Waals surface area contributed by atoms with Gasteiger partial charge in [0.25, 0.3) is 0 Å². The van der Waals surface area contributed by atoms with Crippen molar-refractivity contribution in [1.29, 1.82) is 0 Å². The van der Waals surface area contributed by atoms with Crippen molar-refractivity contribution in [1.82, 2.24) is 15.0 Å². The fraction of sp³-hybridized carbons (Fsp3) is 0.118. The number of benzene rings is 1. The van der Waals surface area contributed by atoms with E-state index in [1.807, 2.05) is 18.2 Å². The molecule has 6 heteroatoms. The summed E-state index contributed by atoms with van der Waals surface area (Å²) in [5.41, 5.74) is 10.2. The van der Waals surface area contributed by atoms with Gasteiger partial charge in [0.2, 0.25) is 0 Å². The van der Waals surface area contributed by atoms with Crippen LogP contribution in [-0.2, 0) is 6.42 Å². The minimum Gasteiger partial charge on any atom is -0.393 e. The van der Waals surface area contributed by atoms with Crippen LogP contribution in [0.25, 0.3) is 0 Å². The standard InChI is InChI=1S/C17H16N6/c18-15-16(22-13-5-3-8-19-10-13)20-11-21-17(15)23-9-7-12-4-1-2-6-14(12)23/h1-6,8,10-11H,7,9,18H2,(H,20,21,22). The van der Waals surface area contributed by atoms with Gasteiger partial charge in [0.05, 0.1) is 11.9 Å². The zero-order chi connectivity index (χ0) is 15.6. The average molecular weight is 304 g/mol. The number of nitrogens with two attached hydrogens (primary N) is 1. The lowest BCUT2D eigenvalue weighted by Crippen LogP contribution is -2.17. The highest BCUT2D eigenvalue weighted by Crippen LogP contribution is 2.37. The number of nitrogen functional groups attached to an aromatic ring is 1.